The van der Waals surface area contributed by atoms with Crippen molar-refractivity contribution in [2.45, 2.75) is 25.9 Å². The molecule has 2 N–H and O–H groups in total. The lowest BCUT2D eigenvalue weighted by Crippen LogP contribution is -2.30. The second-order valence-electron chi connectivity index (χ2n) is 6.60. The van der Waals surface area contributed by atoms with E-state index in [0.29, 0.717) is 5.92 Å². The van der Waals surface area contributed by atoms with Crippen molar-refractivity contribution in [1.82, 2.24) is 19.7 Å². The lowest BCUT2D eigenvalue weighted by Gasteiger charge is -2.31. The van der Waals surface area contributed by atoms with Crippen LogP contribution in [0, 0.1) is 12.8 Å². The summed E-state index contributed by atoms with van der Waals surface area (Å²) in [6.07, 6.45) is 8.00. The van der Waals surface area contributed by atoms with Crippen LogP contribution in [0.4, 0.5) is 5.69 Å². The van der Waals surface area contributed by atoms with Gasteiger partial charge in [0, 0.05) is 49.6 Å². The van der Waals surface area contributed by atoms with Gasteiger partial charge >= 0.3 is 0 Å². The van der Waals surface area contributed by atoms with Crippen LogP contribution in [0.3, 0.4) is 0 Å². The number of imidazole rings is 1. The van der Waals surface area contributed by atoms with Crippen LogP contribution in [0.25, 0.3) is 10.9 Å². The van der Waals surface area contributed by atoms with Crippen LogP contribution >= 0.6 is 0 Å². The van der Waals surface area contributed by atoms with E-state index < -0.39 is 0 Å². The summed E-state index contributed by atoms with van der Waals surface area (Å²) >= 11 is 0. The minimum atomic E-state index is 0.0595. The summed E-state index contributed by atoms with van der Waals surface area (Å²) in [7, 11) is 2.03. The number of nitrogens with zero attached hydrogens (tertiary/aromatic N) is 3. The van der Waals surface area contributed by atoms with Gasteiger partial charge in [0.1, 0.15) is 11.9 Å². The minimum Gasteiger partial charge on any atom is -0.384 e. The van der Waals surface area contributed by atoms with Gasteiger partial charge in [0.2, 0.25) is 0 Å². The highest BCUT2D eigenvalue weighted by molar-refractivity contribution is 5.83. The molecule has 0 aliphatic carbocycles. The predicted octanol–water partition coefficient (Wildman–Crippen LogP) is 3.18. The molecule has 2 aromatic heterocycles. The van der Waals surface area contributed by atoms with E-state index >= 15 is 0 Å². The number of benzene rings is 1. The average molecular weight is 325 g/mol. The highest BCUT2D eigenvalue weighted by atomic mass is 16.5. The second-order valence-corrected chi connectivity index (χ2v) is 6.60. The quantitative estimate of drug-likeness (QED) is 0.773. The number of hydrogen-bond donors (Lipinski definition) is 2. The van der Waals surface area contributed by atoms with E-state index in [9.17, 15) is 0 Å². The summed E-state index contributed by atoms with van der Waals surface area (Å²) in [5, 5.41) is 11.9. The Bertz CT molecular complexity index is 837. The van der Waals surface area contributed by atoms with Crippen molar-refractivity contribution < 1.29 is 4.74 Å². The van der Waals surface area contributed by atoms with E-state index in [1.54, 1.807) is 0 Å². The molecule has 0 amide bonds. The van der Waals surface area contributed by atoms with Gasteiger partial charge in [-0.1, -0.05) is 0 Å². The van der Waals surface area contributed by atoms with E-state index in [0.717, 1.165) is 48.4 Å². The molecular weight excluding hydrogens is 302 g/mol. The number of aryl methyl sites for hydroxylation is 2. The summed E-state index contributed by atoms with van der Waals surface area (Å²) < 4.78 is 8.12. The highest BCUT2D eigenvalue weighted by Crippen LogP contribution is 2.33. The molecule has 24 heavy (non-hydrogen) atoms. The third-order valence-corrected chi connectivity index (χ3v) is 4.90. The number of anilines is 1. The lowest BCUT2D eigenvalue weighted by molar-refractivity contribution is -0.0304. The molecule has 0 unspecified atom stereocenters. The number of rotatable bonds is 4. The first-order valence-corrected chi connectivity index (χ1v) is 8.49. The third kappa shape index (κ3) is 2.78. The maximum absolute atomic E-state index is 6.05. The summed E-state index contributed by atoms with van der Waals surface area (Å²) in [6, 6.07) is 4.30. The fraction of sp³-hybridized carbons (Fsp3) is 0.444. The van der Waals surface area contributed by atoms with Crippen molar-refractivity contribution >= 4 is 16.6 Å². The molecule has 3 aromatic rings. The summed E-state index contributed by atoms with van der Waals surface area (Å²) in [4.78, 5) is 4.49. The molecule has 126 valence electrons. The van der Waals surface area contributed by atoms with Gasteiger partial charge in [-0.3, -0.25) is 5.10 Å². The Morgan fingerprint density at radius 3 is 3.17 bits per heavy atom. The van der Waals surface area contributed by atoms with E-state index in [1.807, 2.05) is 25.6 Å². The van der Waals surface area contributed by atoms with Crippen molar-refractivity contribution in [3.05, 3.63) is 42.1 Å². The zero-order valence-electron chi connectivity index (χ0n) is 14.1. The lowest BCUT2D eigenvalue weighted by atomic mass is 9.93. The first kappa shape index (κ1) is 15.2. The Morgan fingerprint density at radius 1 is 1.42 bits per heavy atom. The van der Waals surface area contributed by atoms with Gasteiger partial charge in [0.05, 0.1) is 11.7 Å². The van der Waals surface area contributed by atoms with Crippen LogP contribution < -0.4 is 5.32 Å². The Morgan fingerprint density at radius 2 is 2.33 bits per heavy atom. The number of aromatic amines is 1. The molecule has 3 heterocycles. The van der Waals surface area contributed by atoms with Crippen LogP contribution in [-0.2, 0) is 11.8 Å². The van der Waals surface area contributed by atoms with Gasteiger partial charge in [0.15, 0.2) is 0 Å². The van der Waals surface area contributed by atoms with Crippen molar-refractivity contribution in [2.24, 2.45) is 13.0 Å². The Balaban J connectivity index is 1.52. The smallest absolute Gasteiger partial charge is 0.138 e. The van der Waals surface area contributed by atoms with Gasteiger partial charge < -0.3 is 14.6 Å². The van der Waals surface area contributed by atoms with E-state index in [4.69, 9.17) is 4.74 Å². The normalized spacial score (nSPS) is 21.2. The van der Waals surface area contributed by atoms with Gasteiger partial charge in [0.25, 0.3) is 0 Å². The fourth-order valence-electron chi connectivity index (χ4n) is 3.52. The summed E-state index contributed by atoms with van der Waals surface area (Å²) in [5.41, 5.74) is 3.45. The Hall–Kier alpha value is -2.34. The monoisotopic (exact) mass is 325 g/mol. The van der Waals surface area contributed by atoms with Gasteiger partial charge in [-0.25, -0.2) is 4.98 Å². The SMILES string of the molecule is Cc1cc2[nH]ncc2cc1NC[C@@H]1CCCO[C@H]1c1nccn1C. The zero-order valence-corrected chi connectivity index (χ0v) is 14.1. The average Bonchev–Trinajstić information content (AvgIpc) is 3.21. The maximum atomic E-state index is 6.05. The number of H-pyrrole nitrogens is 1. The zero-order chi connectivity index (χ0) is 16.5. The van der Waals surface area contributed by atoms with Crippen LogP contribution in [-0.4, -0.2) is 32.9 Å². The number of fused-ring (bicyclic) bond motifs is 1. The van der Waals surface area contributed by atoms with E-state index in [1.165, 1.54) is 5.56 Å². The number of hydrogen-bond acceptors (Lipinski definition) is 4. The molecule has 1 aliphatic heterocycles. The Labute approximate surface area is 141 Å². The molecule has 1 fully saturated rings. The predicted molar refractivity (Wildman–Crippen MR) is 93.9 cm³/mol. The second kappa shape index (κ2) is 6.28. The molecule has 1 aliphatic rings. The number of nitrogens with one attached hydrogen (secondary N) is 2. The van der Waals surface area contributed by atoms with Gasteiger partial charge in [-0.05, 0) is 37.5 Å². The molecule has 0 saturated carbocycles. The van der Waals surface area contributed by atoms with Crippen LogP contribution in [0.15, 0.2) is 30.7 Å². The van der Waals surface area contributed by atoms with Gasteiger partial charge in [-0.2, -0.15) is 5.10 Å². The number of aromatic nitrogens is 4. The first-order valence-electron chi connectivity index (χ1n) is 8.49. The summed E-state index contributed by atoms with van der Waals surface area (Å²) in [5.74, 6) is 1.43. The van der Waals surface area contributed by atoms with Crippen molar-refractivity contribution in [3.8, 4) is 0 Å². The summed E-state index contributed by atoms with van der Waals surface area (Å²) in [6.45, 7) is 3.81. The molecule has 1 saturated heterocycles. The maximum Gasteiger partial charge on any atom is 0.138 e. The van der Waals surface area contributed by atoms with Crippen LogP contribution in [0.5, 0.6) is 0 Å². The van der Waals surface area contributed by atoms with Crippen molar-refractivity contribution in [1.29, 1.82) is 0 Å². The number of ether oxygens (including phenoxy) is 1. The molecule has 0 bridgehead atoms. The Kier molecular flexibility index (Phi) is 3.98. The van der Waals surface area contributed by atoms with Crippen molar-refractivity contribution in [3.63, 3.8) is 0 Å². The molecule has 2 atom stereocenters. The first-order chi connectivity index (χ1) is 11.7. The van der Waals surface area contributed by atoms with Crippen molar-refractivity contribution in [2.75, 3.05) is 18.5 Å². The third-order valence-electron chi connectivity index (χ3n) is 4.90. The van der Waals surface area contributed by atoms with Crippen LogP contribution in [0.1, 0.15) is 30.3 Å². The molecule has 4 rings (SSSR count). The van der Waals surface area contributed by atoms with Crippen LogP contribution in [0.2, 0.25) is 0 Å². The highest BCUT2D eigenvalue weighted by Gasteiger charge is 2.30. The molecule has 0 radical (unpaired) electrons. The molecule has 0 spiro atoms. The minimum absolute atomic E-state index is 0.0595. The molecular formula is C18H23N5O. The molecule has 6 heteroatoms. The van der Waals surface area contributed by atoms with E-state index in [-0.39, 0.29) is 6.10 Å². The van der Waals surface area contributed by atoms with Gasteiger partial charge in [-0.15, -0.1) is 0 Å². The largest absolute Gasteiger partial charge is 0.384 e. The molecule has 1 aromatic carbocycles. The topological polar surface area (TPSA) is 67.8 Å². The molecule has 6 nitrogen and oxygen atoms in total. The standard InChI is InChI=1S/C18H23N5O/c1-12-8-16-14(11-21-22-16)9-15(12)20-10-13-4-3-7-24-17(13)18-19-5-6-23(18)2/h5-6,8-9,11,13,17,20H,3-4,7,10H2,1-2H3,(H,21,22)/t13-,17+/m0/s1. The van der Waals surface area contributed by atoms with E-state index in [2.05, 4.69) is 44.1 Å². The fourth-order valence-corrected chi connectivity index (χ4v) is 3.52.